The van der Waals surface area contributed by atoms with Gasteiger partial charge in [-0.1, -0.05) is 24.6 Å². The molecule has 0 fully saturated rings. The highest BCUT2D eigenvalue weighted by molar-refractivity contribution is 7.99. The van der Waals surface area contributed by atoms with Crippen LogP contribution in [0.2, 0.25) is 5.02 Å². The Bertz CT molecular complexity index is 883. The Morgan fingerprint density at radius 2 is 2.00 bits per heavy atom. The molecule has 0 saturated heterocycles. The Hall–Kier alpha value is -1.75. The van der Waals surface area contributed by atoms with Crippen LogP contribution in [0.4, 0.5) is 0 Å². The van der Waals surface area contributed by atoms with E-state index in [0.717, 1.165) is 33.5 Å². The third-order valence-corrected chi connectivity index (χ3v) is 5.30. The maximum absolute atomic E-state index is 6.35. The monoisotopic (exact) mass is 372 g/mol. The summed E-state index contributed by atoms with van der Waals surface area (Å²) >= 11 is 8.14. The third kappa shape index (κ3) is 4.46. The molecule has 3 nitrogen and oxygen atoms in total. The van der Waals surface area contributed by atoms with E-state index in [-0.39, 0.29) is 6.04 Å². The van der Waals surface area contributed by atoms with E-state index in [1.54, 1.807) is 11.8 Å². The number of thioether (sulfide) groups is 1. The zero-order valence-electron chi connectivity index (χ0n) is 14.3. The van der Waals surface area contributed by atoms with Crippen LogP contribution >= 0.6 is 23.4 Å². The number of hydrogen-bond acceptors (Lipinski definition) is 4. The molecule has 130 valence electrons. The van der Waals surface area contributed by atoms with Crippen molar-refractivity contribution in [2.75, 3.05) is 5.75 Å². The quantitative estimate of drug-likeness (QED) is 0.523. The smallest absolute Gasteiger partial charge is 0.219 e. The first-order valence-corrected chi connectivity index (χ1v) is 9.69. The Morgan fingerprint density at radius 3 is 2.72 bits per heavy atom. The van der Waals surface area contributed by atoms with Crippen molar-refractivity contribution in [1.82, 2.24) is 4.98 Å². The van der Waals surface area contributed by atoms with Crippen LogP contribution in [0, 0.1) is 0 Å². The predicted molar refractivity (Wildman–Crippen MR) is 107 cm³/mol. The highest BCUT2D eigenvalue weighted by atomic mass is 35.5. The normalized spacial score (nSPS) is 12.3. The van der Waals surface area contributed by atoms with Gasteiger partial charge in [0.05, 0.1) is 10.5 Å². The number of nitrogens with zero attached hydrogens (tertiary/aromatic N) is 1. The molecule has 0 aliphatic heterocycles. The lowest BCUT2D eigenvalue weighted by Crippen LogP contribution is -2.04. The van der Waals surface area contributed by atoms with Crippen LogP contribution in [0.5, 0.6) is 11.6 Å². The van der Waals surface area contributed by atoms with Crippen molar-refractivity contribution in [3.63, 3.8) is 0 Å². The molecule has 3 rings (SSSR count). The van der Waals surface area contributed by atoms with E-state index >= 15 is 0 Å². The average molecular weight is 373 g/mol. The van der Waals surface area contributed by atoms with E-state index in [4.69, 9.17) is 22.1 Å². The van der Waals surface area contributed by atoms with Crippen LogP contribution in [-0.2, 0) is 0 Å². The third-order valence-electron chi connectivity index (χ3n) is 3.80. The molecule has 3 aromatic rings. The van der Waals surface area contributed by atoms with Crippen molar-refractivity contribution in [1.29, 1.82) is 0 Å². The Kier molecular flexibility index (Phi) is 5.84. The molecule has 0 amide bonds. The minimum absolute atomic E-state index is 0.00299. The molecule has 0 radical (unpaired) electrons. The minimum atomic E-state index is 0.00299. The molecular formula is C20H21ClN2OS. The summed E-state index contributed by atoms with van der Waals surface area (Å²) in [6, 6.07) is 15.7. The number of hydrogen-bond donors (Lipinski definition) is 1. The summed E-state index contributed by atoms with van der Waals surface area (Å²) < 4.78 is 5.88. The molecule has 1 unspecified atom stereocenters. The number of fused-ring (bicyclic) bond motifs is 1. The first-order chi connectivity index (χ1) is 12.1. The molecule has 1 atom stereocenters. The Labute approximate surface area is 157 Å². The highest BCUT2D eigenvalue weighted by Gasteiger charge is 2.08. The Morgan fingerprint density at radius 1 is 1.16 bits per heavy atom. The number of nitrogens with two attached hydrogens (primary N) is 1. The molecule has 25 heavy (non-hydrogen) atoms. The summed E-state index contributed by atoms with van der Waals surface area (Å²) in [6.07, 6.45) is 1.13. The van der Waals surface area contributed by atoms with Crippen molar-refractivity contribution >= 4 is 34.3 Å². The number of halogens is 1. The van der Waals surface area contributed by atoms with Gasteiger partial charge >= 0.3 is 0 Å². The average Bonchev–Trinajstić information content (AvgIpc) is 2.61. The second-order valence-electron chi connectivity index (χ2n) is 5.93. The van der Waals surface area contributed by atoms with E-state index in [1.807, 2.05) is 49.4 Å². The standard InChI is InChI=1S/C20H21ClN2OS/c1-3-10-25-16-6-8-19(17(21)12-16)24-20-9-5-15-11-14(13(2)22)4-7-18(15)23-20/h4-9,11-13H,3,10,22H2,1-2H3. The molecule has 1 heterocycles. The fraction of sp³-hybridized carbons (Fsp3) is 0.250. The van der Waals surface area contributed by atoms with Gasteiger partial charge in [-0.3, -0.25) is 0 Å². The van der Waals surface area contributed by atoms with Gasteiger partial charge in [0.2, 0.25) is 5.88 Å². The molecule has 0 saturated carbocycles. The molecule has 2 N–H and O–H groups in total. The summed E-state index contributed by atoms with van der Waals surface area (Å²) in [7, 11) is 0. The van der Waals surface area contributed by atoms with Crippen LogP contribution in [-0.4, -0.2) is 10.7 Å². The van der Waals surface area contributed by atoms with Crippen molar-refractivity contribution in [3.8, 4) is 11.6 Å². The van der Waals surface area contributed by atoms with Crippen LogP contribution in [0.1, 0.15) is 31.9 Å². The summed E-state index contributed by atoms with van der Waals surface area (Å²) in [5.41, 5.74) is 7.89. The molecule has 0 spiro atoms. The van der Waals surface area contributed by atoms with Gasteiger partial charge < -0.3 is 10.5 Å². The van der Waals surface area contributed by atoms with Gasteiger partial charge in [0.25, 0.3) is 0 Å². The van der Waals surface area contributed by atoms with Gasteiger partial charge in [-0.15, -0.1) is 11.8 Å². The van der Waals surface area contributed by atoms with Crippen LogP contribution in [0.25, 0.3) is 10.9 Å². The lowest BCUT2D eigenvalue weighted by Gasteiger charge is -2.10. The highest BCUT2D eigenvalue weighted by Crippen LogP contribution is 2.33. The molecular weight excluding hydrogens is 352 g/mol. The zero-order chi connectivity index (χ0) is 17.8. The lowest BCUT2D eigenvalue weighted by atomic mass is 10.1. The minimum Gasteiger partial charge on any atom is -0.437 e. The van der Waals surface area contributed by atoms with Gasteiger partial charge in [0, 0.05) is 22.4 Å². The molecule has 2 aromatic carbocycles. The van der Waals surface area contributed by atoms with Crippen molar-refractivity contribution < 1.29 is 4.74 Å². The molecule has 1 aromatic heterocycles. The largest absolute Gasteiger partial charge is 0.437 e. The number of rotatable bonds is 6. The zero-order valence-corrected chi connectivity index (χ0v) is 15.9. The summed E-state index contributed by atoms with van der Waals surface area (Å²) in [5, 5.41) is 1.63. The molecule has 5 heteroatoms. The van der Waals surface area contributed by atoms with Gasteiger partial charge in [0.15, 0.2) is 0 Å². The maximum atomic E-state index is 6.35. The number of pyridine rings is 1. The van der Waals surface area contributed by atoms with E-state index in [0.29, 0.717) is 16.7 Å². The fourth-order valence-corrected chi connectivity index (χ4v) is 3.54. The van der Waals surface area contributed by atoms with E-state index in [1.165, 1.54) is 0 Å². The number of ether oxygens (including phenoxy) is 1. The molecule has 0 aliphatic rings. The van der Waals surface area contributed by atoms with Crippen LogP contribution in [0.15, 0.2) is 53.4 Å². The fourth-order valence-electron chi connectivity index (χ4n) is 2.45. The topological polar surface area (TPSA) is 48.1 Å². The predicted octanol–water partition coefficient (Wildman–Crippen LogP) is 6.20. The first-order valence-electron chi connectivity index (χ1n) is 8.33. The van der Waals surface area contributed by atoms with Gasteiger partial charge in [-0.2, -0.15) is 0 Å². The van der Waals surface area contributed by atoms with Crippen molar-refractivity contribution in [2.24, 2.45) is 5.73 Å². The Balaban J connectivity index is 1.81. The van der Waals surface area contributed by atoms with Crippen LogP contribution in [0.3, 0.4) is 0 Å². The SMILES string of the molecule is CCCSc1ccc(Oc2ccc3cc(C(C)N)ccc3n2)c(Cl)c1. The van der Waals surface area contributed by atoms with Crippen molar-refractivity contribution in [3.05, 3.63) is 59.1 Å². The van der Waals surface area contributed by atoms with Gasteiger partial charge in [-0.05, 0) is 61.1 Å². The van der Waals surface area contributed by atoms with Crippen LogP contribution < -0.4 is 10.5 Å². The summed E-state index contributed by atoms with van der Waals surface area (Å²) in [5.74, 6) is 2.21. The molecule has 0 aliphatic carbocycles. The number of benzene rings is 2. The summed E-state index contributed by atoms with van der Waals surface area (Å²) in [6.45, 7) is 4.13. The van der Waals surface area contributed by atoms with E-state index in [2.05, 4.69) is 18.0 Å². The second-order valence-corrected chi connectivity index (χ2v) is 7.51. The van der Waals surface area contributed by atoms with E-state index < -0.39 is 0 Å². The first kappa shape index (κ1) is 18.1. The van der Waals surface area contributed by atoms with E-state index in [9.17, 15) is 0 Å². The van der Waals surface area contributed by atoms with Gasteiger partial charge in [0.1, 0.15) is 5.75 Å². The lowest BCUT2D eigenvalue weighted by molar-refractivity contribution is 0.465. The molecule has 0 bridgehead atoms. The van der Waals surface area contributed by atoms with Gasteiger partial charge in [-0.25, -0.2) is 4.98 Å². The number of aromatic nitrogens is 1. The maximum Gasteiger partial charge on any atom is 0.219 e. The van der Waals surface area contributed by atoms with Crippen molar-refractivity contribution in [2.45, 2.75) is 31.2 Å². The second kappa shape index (κ2) is 8.09. The summed E-state index contributed by atoms with van der Waals surface area (Å²) in [4.78, 5) is 5.70.